The Bertz CT molecular complexity index is 3090. The molecule has 9 aromatic carbocycles. The summed E-state index contributed by atoms with van der Waals surface area (Å²) in [5.41, 5.74) is 23.7. The van der Waals surface area contributed by atoms with Gasteiger partial charge in [-0.05, 0) is 131 Å². The summed E-state index contributed by atoms with van der Waals surface area (Å²) in [5, 5.41) is 0. The zero-order chi connectivity index (χ0) is 39.3. The third-order valence-corrected chi connectivity index (χ3v) is 13.5. The van der Waals surface area contributed by atoms with Crippen LogP contribution in [-0.2, 0) is 10.8 Å². The van der Waals surface area contributed by atoms with Gasteiger partial charge in [-0.2, -0.15) is 0 Å². The van der Waals surface area contributed by atoms with E-state index in [0.29, 0.717) is 0 Å². The summed E-state index contributed by atoms with van der Waals surface area (Å²) in [4.78, 5) is 2.49. The van der Waals surface area contributed by atoms with Crippen LogP contribution in [0.25, 0.3) is 55.6 Å². The largest absolute Gasteiger partial charge is 0.310 e. The lowest BCUT2D eigenvalue weighted by atomic mass is 9.70. The maximum Gasteiger partial charge on any atom is 0.0726 e. The molecule has 3 aliphatic rings. The quantitative estimate of drug-likeness (QED) is 0.169. The third kappa shape index (κ3) is 4.79. The average molecular weight is 752 g/mol. The van der Waals surface area contributed by atoms with Crippen LogP contribution in [0.5, 0.6) is 0 Å². The van der Waals surface area contributed by atoms with Gasteiger partial charge in [-0.25, -0.2) is 0 Å². The predicted octanol–water partition coefficient (Wildman–Crippen LogP) is 15.1. The summed E-state index contributed by atoms with van der Waals surface area (Å²) >= 11 is 0. The molecular weight excluding hydrogens is 711 g/mol. The highest BCUT2D eigenvalue weighted by Crippen LogP contribution is 2.63. The molecule has 0 saturated carbocycles. The van der Waals surface area contributed by atoms with Gasteiger partial charge in [-0.1, -0.05) is 184 Å². The van der Waals surface area contributed by atoms with Gasteiger partial charge >= 0.3 is 0 Å². The molecule has 0 unspecified atom stereocenters. The molecule has 9 aromatic rings. The van der Waals surface area contributed by atoms with Crippen LogP contribution >= 0.6 is 0 Å². The van der Waals surface area contributed by atoms with Crippen molar-refractivity contribution in [1.29, 1.82) is 0 Å². The Labute approximate surface area is 346 Å². The maximum absolute atomic E-state index is 2.50. The second-order valence-electron chi connectivity index (χ2n) is 16.8. The molecule has 0 bridgehead atoms. The summed E-state index contributed by atoms with van der Waals surface area (Å²) in [5.74, 6) is 0. The molecule has 59 heavy (non-hydrogen) atoms. The van der Waals surface area contributed by atoms with Crippen molar-refractivity contribution in [2.45, 2.75) is 24.7 Å². The first-order chi connectivity index (χ1) is 29.0. The monoisotopic (exact) mass is 751 g/mol. The average Bonchev–Trinajstić information content (AvgIpc) is 3.85. The standard InChI is InChI=1S/C58H41N/c1-57(2)51-26-10-6-22-45(51)49-32-30-43(36-55(49)57)59(42-21-15-20-41(35-42)40-19-14-18-39(34-40)38-16-4-3-5-17-38)44-31-33-50-48-25-9-13-29-54(48)58(56(50)37-44)52-27-11-7-23-46(52)47-24-8-12-28-53(47)58/h3-37H,1-2H3. The molecule has 12 rings (SSSR count). The lowest BCUT2D eigenvalue weighted by molar-refractivity contribution is 0.660. The summed E-state index contributed by atoms with van der Waals surface area (Å²) in [6.07, 6.45) is 0. The third-order valence-electron chi connectivity index (χ3n) is 13.5. The van der Waals surface area contributed by atoms with Gasteiger partial charge in [0.15, 0.2) is 0 Å². The topological polar surface area (TPSA) is 3.24 Å². The molecule has 0 fully saturated rings. The van der Waals surface area contributed by atoms with Gasteiger partial charge in [0.2, 0.25) is 0 Å². The van der Waals surface area contributed by atoms with E-state index in [4.69, 9.17) is 0 Å². The molecule has 0 radical (unpaired) electrons. The van der Waals surface area contributed by atoms with E-state index in [1.165, 1.54) is 89.0 Å². The fourth-order valence-electron chi connectivity index (χ4n) is 10.8. The zero-order valence-electron chi connectivity index (χ0n) is 33.2. The van der Waals surface area contributed by atoms with E-state index in [-0.39, 0.29) is 5.41 Å². The van der Waals surface area contributed by atoms with Gasteiger partial charge in [0.05, 0.1) is 5.41 Å². The van der Waals surface area contributed by atoms with E-state index >= 15 is 0 Å². The zero-order valence-corrected chi connectivity index (χ0v) is 33.2. The fraction of sp³-hybridized carbons (Fsp3) is 0.0690. The van der Waals surface area contributed by atoms with Gasteiger partial charge in [-0.15, -0.1) is 0 Å². The fourth-order valence-corrected chi connectivity index (χ4v) is 10.8. The van der Waals surface area contributed by atoms with Crippen LogP contribution in [0.2, 0.25) is 0 Å². The molecule has 0 aliphatic heterocycles. The lowest BCUT2D eigenvalue weighted by Gasteiger charge is -2.32. The molecule has 1 spiro atoms. The summed E-state index contributed by atoms with van der Waals surface area (Å²) in [6.45, 7) is 4.75. The van der Waals surface area contributed by atoms with Gasteiger partial charge in [0.1, 0.15) is 0 Å². The molecule has 278 valence electrons. The van der Waals surface area contributed by atoms with E-state index in [2.05, 4.69) is 231 Å². The number of hydrogen-bond donors (Lipinski definition) is 0. The van der Waals surface area contributed by atoms with Crippen molar-refractivity contribution in [3.8, 4) is 55.6 Å². The molecule has 0 amide bonds. The normalized spacial score (nSPS) is 14.2. The van der Waals surface area contributed by atoms with Crippen molar-refractivity contribution >= 4 is 17.1 Å². The van der Waals surface area contributed by atoms with Crippen molar-refractivity contribution in [2.24, 2.45) is 0 Å². The molecule has 0 atom stereocenters. The van der Waals surface area contributed by atoms with Crippen LogP contribution in [0.4, 0.5) is 17.1 Å². The Morgan fingerprint density at radius 2 is 0.661 bits per heavy atom. The number of anilines is 3. The molecule has 0 aromatic heterocycles. The summed E-state index contributed by atoms with van der Waals surface area (Å²) < 4.78 is 0. The van der Waals surface area contributed by atoms with Crippen LogP contribution in [0.15, 0.2) is 212 Å². The van der Waals surface area contributed by atoms with Crippen molar-refractivity contribution in [3.05, 3.63) is 246 Å². The summed E-state index contributed by atoms with van der Waals surface area (Å²) in [6, 6.07) is 79.2. The first-order valence-corrected chi connectivity index (χ1v) is 20.8. The first-order valence-electron chi connectivity index (χ1n) is 20.8. The Hall–Kier alpha value is -7.22. The minimum atomic E-state index is -0.428. The number of fused-ring (bicyclic) bond motifs is 13. The number of benzene rings is 9. The van der Waals surface area contributed by atoms with E-state index in [0.717, 1.165) is 17.1 Å². The van der Waals surface area contributed by atoms with Crippen LogP contribution in [0.3, 0.4) is 0 Å². The molecule has 0 N–H and O–H groups in total. The number of hydrogen-bond acceptors (Lipinski definition) is 1. The second kappa shape index (κ2) is 12.6. The first kappa shape index (κ1) is 33.9. The van der Waals surface area contributed by atoms with Gasteiger partial charge in [0.25, 0.3) is 0 Å². The molecule has 0 heterocycles. The van der Waals surface area contributed by atoms with Crippen molar-refractivity contribution in [1.82, 2.24) is 0 Å². The minimum Gasteiger partial charge on any atom is -0.310 e. The van der Waals surface area contributed by atoms with E-state index in [1.807, 2.05) is 0 Å². The van der Waals surface area contributed by atoms with Crippen LogP contribution in [-0.4, -0.2) is 0 Å². The predicted molar refractivity (Wildman–Crippen MR) is 246 cm³/mol. The second-order valence-corrected chi connectivity index (χ2v) is 16.8. The van der Waals surface area contributed by atoms with E-state index in [1.54, 1.807) is 0 Å². The number of nitrogens with zero attached hydrogens (tertiary/aromatic N) is 1. The van der Waals surface area contributed by atoms with Crippen molar-refractivity contribution < 1.29 is 0 Å². The van der Waals surface area contributed by atoms with Crippen molar-refractivity contribution in [3.63, 3.8) is 0 Å². The molecule has 1 nitrogen and oxygen atoms in total. The van der Waals surface area contributed by atoms with Crippen LogP contribution < -0.4 is 4.90 Å². The molecule has 0 saturated heterocycles. The highest BCUT2D eigenvalue weighted by atomic mass is 15.1. The van der Waals surface area contributed by atoms with Gasteiger partial charge < -0.3 is 4.90 Å². The van der Waals surface area contributed by atoms with Gasteiger partial charge in [0, 0.05) is 22.5 Å². The lowest BCUT2D eigenvalue weighted by Crippen LogP contribution is -2.26. The Balaban J connectivity index is 1.09. The Morgan fingerprint density at radius 1 is 0.271 bits per heavy atom. The highest BCUT2D eigenvalue weighted by Gasteiger charge is 2.51. The van der Waals surface area contributed by atoms with E-state index < -0.39 is 5.41 Å². The SMILES string of the molecule is CC1(C)c2ccccc2-c2ccc(N(c3cccc(-c4cccc(-c5ccccc5)c4)c3)c3ccc4c(c3)C3(c5ccccc5-c5ccccc53)c3ccccc3-4)cc21. The smallest absolute Gasteiger partial charge is 0.0726 e. The van der Waals surface area contributed by atoms with Crippen LogP contribution in [0, 0.1) is 0 Å². The molecule has 3 aliphatic carbocycles. The molecular formula is C58H41N. The summed E-state index contributed by atoms with van der Waals surface area (Å²) in [7, 11) is 0. The maximum atomic E-state index is 2.50. The van der Waals surface area contributed by atoms with Crippen molar-refractivity contribution in [2.75, 3.05) is 4.90 Å². The highest BCUT2D eigenvalue weighted by molar-refractivity contribution is 5.97. The molecule has 1 heteroatoms. The Kier molecular flexibility index (Phi) is 7.26. The minimum absolute atomic E-state index is 0.131. The van der Waals surface area contributed by atoms with Gasteiger partial charge in [-0.3, -0.25) is 0 Å². The van der Waals surface area contributed by atoms with E-state index in [9.17, 15) is 0 Å². The number of rotatable bonds is 5. The van der Waals surface area contributed by atoms with Crippen LogP contribution in [0.1, 0.15) is 47.2 Å². The Morgan fingerprint density at radius 3 is 1.25 bits per heavy atom.